The van der Waals surface area contributed by atoms with Gasteiger partial charge in [0.25, 0.3) is 0 Å². The number of aromatic nitrogens is 2. The van der Waals surface area contributed by atoms with Crippen LogP contribution in [0.25, 0.3) is 11.3 Å². The lowest BCUT2D eigenvalue weighted by atomic mass is 10.1. The molecule has 5 nitrogen and oxygen atoms in total. The van der Waals surface area contributed by atoms with Crippen molar-refractivity contribution in [3.05, 3.63) is 36.0 Å². The number of nitrogens with two attached hydrogens (primary N) is 1. The average Bonchev–Trinajstić information content (AvgIpc) is 2.78. The molecule has 0 atom stereocenters. The summed E-state index contributed by atoms with van der Waals surface area (Å²) in [5.41, 5.74) is 9.48. The molecule has 21 heavy (non-hydrogen) atoms. The lowest BCUT2D eigenvalue weighted by Crippen LogP contribution is -2.11. The van der Waals surface area contributed by atoms with Gasteiger partial charge in [0.1, 0.15) is 15.5 Å². The second kappa shape index (κ2) is 6.30. The van der Waals surface area contributed by atoms with Crippen LogP contribution < -0.4 is 5.73 Å². The number of anilines is 1. The Morgan fingerprint density at radius 1 is 1.24 bits per heavy atom. The lowest BCUT2D eigenvalue weighted by Gasteiger charge is -2.02. The van der Waals surface area contributed by atoms with E-state index in [9.17, 15) is 8.42 Å². The van der Waals surface area contributed by atoms with Gasteiger partial charge in [-0.05, 0) is 12.0 Å². The molecule has 6 heteroatoms. The van der Waals surface area contributed by atoms with Gasteiger partial charge in [-0.2, -0.15) is 5.10 Å². The SMILES string of the molecule is CCCc1ccc(-c2nn(CCS(C)(=O)=O)cc2N)cc1. The van der Waals surface area contributed by atoms with Gasteiger partial charge in [0.05, 0.1) is 18.0 Å². The summed E-state index contributed by atoms with van der Waals surface area (Å²) in [4.78, 5) is 0. The smallest absolute Gasteiger partial charge is 0.149 e. The van der Waals surface area contributed by atoms with Crippen molar-refractivity contribution < 1.29 is 8.42 Å². The quantitative estimate of drug-likeness (QED) is 0.887. The molecule has 0 spiro atoms. The Bertz CT molecular complexity index is 703. The van der Waals surface area contributed by atoms with Crippen LogP contribution in [0, 0.1) is 0 Å². The number of rotatable bonds is 6. The number of sulfone groups is 1. The normalized spacial score (nSPS) is 11.7. The van der Waals surface area contributed by atoms with Gasteiger partial charge in [0, 0.05) is 18.0 Å². The third-order valence-corrected chi connectivity index (χ3v) is 4.17. The van der Waals surface area contributed by atoms with Crippen molar-refractivity contribution in [1.29, 1.82) is 0 Å². The number of nitrogens with zero attached hydrogens (tertiary/aromatic N) is 2. The molecule has 1 heterocycles. The van der Waals surface area contributed by atoms with Crippen LogP contribution in [0.4, 0.5) is 5.69 Å². The fraction of sp³-hybridized carbons (Fsp3) is 0.400. The van der Waals surface area contributed by atoms with Crippen LogP contribution in [0.3, 0.4) is 0 Å². The molecule has 1 aromatic carbocycles. The van der Waals surface area contributed by atoms with Crippen LogP contribution in [0.15, 0.2) is 30.5 Å². The molecule has 0 aliphatic rings. The van der Waals surface area contributed by atoms with Gasteiger partial charge in [-0.1, -0.05) is 37.6 Å². The Balaban J connectivity index is 2.18. The van der Waals surface area contributed by atoms with E-state index in [4.69, 9.17) is 5.73 Å². The zero-order valence-electron chi connectivity index (χ0n) is 12.4. The van der Waals surface area contributed by atoms with Crippen LogP contribution in [-0.2, 0) is 22.8 Å². The summed E-state index contributed by atoms with van der Waals surface area (Å²) in [5, 5.41) is 4.39. The second-order valence-electron chi connectivity index (χ2n) is 5.27. The van der Waals surface area contributed by atoms with Crippen LogP contribution in [-0.4, -0.2) is 30.2 Å². The van der Waals surface area contributed by atoms with E-state index in [1.165, 1.54) is 11.8 Å². The second-order valence-corrected chi connectivity index (χ2v) is 7.53. The Hall–Kier alpha value is -1.82. The minimum Gasteiger partial charge on any atom is -0.396 e. The molecule has 0 fully saturated rings. The molecule has 0 radical (unpaired) electrons. The van der Waals surface area contributed by atoms with Gasteiger partial charge in [-0.15, -0.1) is 0 Å². The Morgan fingerprint density at radius 2 is 1.90 bits per heavy atom. The minimum absolute atomic E-state index is 0.0585. The van der Waals surface area contributed by atoms with Crippen molar-refractivity contribution in [2.24, 2.45) is 0 Å². The third kappa shape index (κ3) is 4.32. The molecule has 0 aliphatic carbocycles. The fourth-order valence-corrected chi connectivity index (χ4v) is 2.67. The molecular weight excluding hydrogens is 286 g/mol. The zero-order valence-corrected chi connectivity index (χ0v) is 13.2. The topological polar surface area (TPSA) is 78.0 Å². The molecule has 0 aliphatic heterocycles. The maximum atomic E-state index is 11.2. The van der Waals surface area contributed by atoms with Crippen LogP contribution in [0.2, 0.25) is 0 Å². The van der Waals surface area contributed by atoms with Crippen molar-refractivity contribution in [3.63, 3.8) is 0 Å². The Kier molecular flexibility index (Phi) is 4.67. The standard InChI is InChI=1S/C15H21N3O2S/c1-3-4-12-5-7-13(8-6-12)15-14(16)11-18(17-15)9-10-21(2,19)20/h5-8,11H,3-4,9-10,16H2,1-2H3. The first-order valence-corrected chi connectivity index (χ1v) is 9.05. The van der Waals surface area contributed by atoms with Gasteiger partial charge in [-0.25, -0.2) is 8.42 Å². The summed E-state index contributed by atoms with van der Waals surface area (Å²) in [6.45, 7) is 2.46. The van der Waals surface area contributed by atoms with Crippen molar-refractivity contribution in [1.82, 2.24) is 9.78 Å². The molecular formula is C15H21N3O2S. The van der Waals surface area contributed by atoms with Crippen LogP contribution >= 0.6 is 0 Å². The predicted octanol–water partition coefficient (Wildman–Crippen LogP) is 2.13. The minimum atomic E-state index is -3.00. The van der Waals surface area contributed by atoms with Crippen LogP contribution in [0.5, 0.6) is 0 Å². The van der Waals surface area contributed by atoms with Crippen molar-refractivity contribution in [2.45, 2.75) is 26.3 Å². The average molecular weight is 307 g/mol. The Labute approximate surface area is 125 Å². The highest BCUT2D eigenvalue weighted by Gasteiger charge is 2.10. The lowest BCUT2D eigenvalue weighted by molar-refractivity contribution is 0.586. The molecule has 114 valence electrons. The van der Waals surface area contributed by atoms with Gasteiger partial charge < -0.3 is 5.73 Å². The summed E-state index contributed by atoms with van der Waals surface area (Å²) < 4.78 is 24.0. The molecule has 0 amide bonds. The summed E-state index contributed by atoms with van der Waals surface area (Å²) in [7, 11) is -3.00. The molecule has 2 aromatic rings. The third-order valence-electron chi connectivity index (χ3n) is 3.25. The first-order chi connectivity index (χ1) is 9.89. The van der Waals surface area contributed by atoms with E-state index in [0.717, 1.165) is 18.4 Å². The fourth-order valence-electron chi connectivity index (χ4n) is 2.15. The number of nitrogen functional groups attached to an aromatic ring is 1. The van der Waals surface area contributed by atoms with Crippen molar-refractivity contribution in [3.8, 4) is 11.3 Å². The number of hydrogen-bond donors (Lipinski definition) is 1. The highest BCUT2D eigenvalue weighted by atomic mass is 32.2. The largest absolute Gasteiger partial charge is 0.396 e. The summed E-state index contributed by atoms with van der Waals surface area (Å²) >= 11 is 0. The molecule has 0 saturated carbocycles. The highest BCUT2D eigenvalue weighted by Crippen LogP contribution is 2.24. The van der Waals surface area contributed by atoms with Crippen molar-refractivity contribution in [2.75, 3.05) is 17.7 Å². The van der Waals surface area contributed by atoms with Crippen molar-refractivity contribution >= 4 is 15.5 Å². The molecule has 2 N–H and O–H groups in total. The predicted molar refractivity (Wildman–Crippen MR) is 85.8 cm³/mol. The number of aryl methyl sites for hydroxylation is 2. The van der Waals surface area contributed by atoms with E-state index in [2.05, 4.69) is 24.2 Å². The van der Waals surface area contributed by atoms with E-state index in [1.54, 1.807) is 10.9 Å². The van der Waals surface area contributed by atoms with E-state index < -0.39 is 9.84 Å². The monoisotopic (exact) mass is 307 g/mol. The molecule has 2 rings (SSSR count). The van der Waals surface area contributed by atoms with Gasteiger partial charge >= 0.3 is 0 Å². The zero-order chi connectivity index (χ0) is 15.5. The summed E-state index contributed by atoms with van der Waals surface area (Å²) in [6, 6.07) is 8.16. The molecule has 0 saturated heterocycles. The van der Waals surface area contributed by atoms with E-state index in [-0.39, 0.29) is 5.75 Å². The first-order valence-electron chi connectivity index (χ1n) is 6.99. The Morgan fingerprint density at radius 3 is 2.48 bits per heavy atom. The molecule has 0 unspecified atom stereocenters. The highest BCUT2D eigenvalue weighted by molar-refractivity contribution is 7.90. The van der Waals surface area contributed by atoms with E-state index >= 15 is 0 Å². The number of hydrogen-bond acceptors (Lipinski definition) is 4. The van der Waals surface area contributed by atoms with Crippen LogP contribution in [0.1, 0.15) is 18.9 Å². The maximum absolute atomic E-state index is 11.2. The maximum Gasteiger partial charge on any atom is 0.149 e. The molecule has 0 bridgehead atoms. The number of benzene rings is 1. The van der Waals surface area contributed by atoms with Gasteiger partial charge in [0.15, 0.2) is 0 Å². The van der Waals surface area contributed by atoms with Gasteiger partial charge in [0.2, 0.25) is 0 Å². The first kappa shape index (κ1) is 15.6. The summed E-state index contributed by atoms with van der Waals surface area (Å²) in [6.07, 6.45) is 5.06. The molecule has 1 aromatic heterocycles. The van der Waals surface area contributed by atoms with E-state index in [1.807, 2.05) is 12.1 Å². The summed E-state index contributed by atoms with van der Waals surface area (Å²) in [5.74, 6) is 0.0585. The van der Waals surface area contributed by atoms with Gasteiger partial charge in [-0.3, -0.25) is 4.68 Å². The van der Waals surface area contributed by atoms with E-state index in [0.29, 0.717) is 17.9 Å².